The topological polar surface area (TPSA) is 20.7 Å². The Labute approximate surface area is 113 Å². The van der Waals surface area contributed by atoms with Crippen molar-refractivity contribution in [2.75, 3.05) is 0 Å². The Morgan fingerprint density at radius 2 is 1.83 bits per heavy atom. The number of benzene rings is 1. The van der Waals surface area contributed by atoms with Gasteiger partial charge in [-0.15, -0.1) is 0 Å². The Bertz CT molecular complexity index is 586. The lowest BCUT2D eigenvalue weighted by molar-refractivity contribution is 0.678. The van der Waals surface area contributed by atoms with Crippen molar-refractivity contribution >= 4 is 12.2 Å². The first-order valence-corrected chi connectivity index (χ1v) is 7.04. The van der Waals surface area contributed by atoms with E-state index in [2.05, 4.69) is 42.4 Å². The third kappa shape index (κ3) is 2.15. The number of rotatable bonds is 2. The minimum absolute atomic E-state index is 0.679. The molecule has 3 heteroatoms. The van der Waals surface area contributed by atoms with Crippen molar-refractivity contribution in [2.45, 2.75) is 38.5 Å². The zero-order chi connectivity index (χ0) is 12.5. The van der Waals surface area contributed by atoms with E-state index in [0.29, 0.717) is 5.92 Å². The molecule has 0 radical (unpaired) electrons. The molecule has 1 aliphatic rings. The lowest BCUT2D eigenvalue weighted by Crippen LogP contribution is -1.99. The van der Waals surface area contributed by atoms with E-state index in [0.717, 1.165) is 10.3 Å². The first kappa shape index (κ1) is 11.7. The molecule has 1 N–H and O–H groups in total. The van der Waals surface area contributed by atoms with Crippen molar-refractivity contribution in [1.82, 2.24) is 9.78 Å². The molecule has 1 aliphatic carbocycles. The van der Waals surface area contributed by atoms with Gasteiger partial charge in [-0.05, 0) is 38.0 Å². The first-order valence-electron chi connectivity index (χ1n) is 6.63. The van der Waals surface area contributed by atoms with Crippen molar-refractivity contribution in [3.63, 3.8) is 0 Å². The molecule has 0 unspecified atom stereocenters. The summed E-state index contributed by atoms with van der Waals surface area (Å²) in [7, 11) is 0. The third-order valence-corrected chi connectivity index (χ3v) is 4.13. The van der Waals surface area contributed by atoms with Crippen LogP contribution in [0.2, 0.25) is 0 Å². The van der Waals surface area contributed by atoms with Gasteiger partial charge in [0.25, 0.3) is 0 Å². The monoisotopic (exact) mass is 258 g/mol. The highest BCUT2D eigenvalue weighted by Crippen LogP contribution is 2.33. The molecule has 1 saturated carbocycles. The maximum atomic E-state index is 5.45. The summed E-state index contributed by atoms with van der Waals surface area (Å²) in [6.45, 7) is 2.10. The second-order valence-electron chi connectivity index (χ2n) is 5.20. The molecule has 1 fully saturated rings. The van der Waals surface area contributed by atoms with Crippen LogP contribution in [0.5, 0.6) is 0 Å². The largest absolute Gasteiger partial charge is 0.297 e. The fourth-order valence-corrected chi connectivity index (χ4v) is 3.02. The second-order valence-corrected chi connectivity index (χ2v) is 5.62. The van der Waals surface area contributed by atoms with Crippen LogP contribution in [0.1, 0.15) is 42.9 Å². The standard InChI is InChI=1S/C15H18N2S/c1-11-6-8-13(9-7-11)17-15(18)10-14(16-17)12-4-2-3-5-12/h6-10,12,16H,2-5H2,1H3. The van der Waals surface area contributed by atoms with Gasteiger partial charge in [0.1, 0.15) is 4.64 Å². The van der Waals surface area contributed by atoms with Crippen LogP contribution < -0.4 is 0 Å². The molecule has 0 bridgehead atoms. The number of aryl methyl sites for hydroxylation is 1. The number of hydrogen-bond donors (Lipinski definition) is 1. The van der Waals surface area contributed by atoms with Gasteiger partial charge in [-0.1, -0.05) is 42.8 Å². The summed E-state index contributed by atoms with van der Waals surface area (Å²) >= 11 is 5.45. The van der Waals surface area contributed by atoms with Crippen LogP contribution in [0, 0.1) is 11.6 Å². The number of nitrogens with one attached hydrogen (secondary N) is 1. The SMILES string of the molecule is Cc1ccc(-n2[nH]c(C3CCCC3)cc2=S)cc1. The molecular weight excluding hydrogens is 240 g/mol. The zero-order valence-corrected chi connectivity index (χ0v) is 11.5. The van der Waals surface area contributed by atoms with Gasteiger partial charge in [-0.25, -0.2) is 4.68 Å². The van der Waals surface area contributed by atoms with E-state index in [9.17, 15) is 0 Å². The minimum atomic E-state index is 0.679. The predicted molar refractivity (Wildman–Crippen MR) is 76.9 cm³/mol. The van der Waals surface area contributed by atoms with E-state index in [4.69, 9.17) is 12.2 Å². The highest BCUT2D eigenvalue weighted by Gasteiger charge is 2.19. The highest BCUT2D eigenvalue weighted by molar-refractivity contribution is 7.71. The number of hydrogen-bond acceptors (Lipinski definition) is 1. The number of aromatic nitrogens is 2. The van der Waals surface area contributed by atoms with Crippen molar-refractivity contribution < 1.29 is 0 Å². The van der Waals surface area contributed by atoms with E-state index in [-0.39, 0.29) is 0 Å². The summed E-state index contributed by atoms with van der Waals surface area (Å²) in [4.78, 5) is 0. The van der Waals surface area contributed by atoms with Gasteiger partial charge < -0.3 is 0 Å². The molecule has 3 rings (SSSR count). The summed E-state index contributed by atoms with van der Waals surface area (Å²) in [6.07, 6.45) is 5.29. The van der Waals surface area contributed by atoms with Crippen molar-refractivity contribution in [3.05, 3.63) is 46.2 Å². The van der Waals surface area contributed by atoms with Gasteiger partial charge in [0.05, 0.1) is 5.69 Å². The zero-order valence-electron chi connectivity index (χ0n) is 10.6. The molecular formula is C15H18N2S. The maximum Gasteiger partial charge on any atom is 0.127 e. The van der Waals surface area contributed by atoms with E-state index < -0.39 is 0 Å². The van der Waals surface area contributed by atoms with Crippen molar-refractivity contribution in [1.29, 1.82) is 0 Å². The van der Waals surface area contributed by atoms with Crippen LogP contribution in [0.4, 0.5) is 0 Å². The molecule has 2 aromatic rings. The number of nitrogens with zero attached hydrogens (tertiary/aromatic N) is 1. The van der Waals surface area contributed by atoms with Gasteiger partial charge in [-0.2, -0.15) is 0 Å². The Morgan fingerprint density at radius 1 is 1.17 bits per heavy atom. The molecule has 1 aromatic heterocycles. The Kier molecular flexibility index (Phi) is 3.08. The molecule has 1 aromatic carbocycles. The van der Waals surface area contributed by atoms with Crippen LogP contribution in [-0.2, 0) is 0 Å². The summed E-state index contributed by atoms with van der Waals surface area (Å²) in [6, 6.07) is 10.6. The molecule has 0 spiro atoms. The Balaban J connectivity index is 1.97. The highest BCUT2D eigenvalue weighted by atomic mass is 32.1. The quantitative estimate of drug-likeness (QED) is 0.786. The molecule has 2 nitrogen and oxygen atoms in total. The first-order chi connectivity index (χ1) is 8.74. The summed E-state index contributed by atoms with van der Waals surface area (Å²) < 4.78 is 2.89. The Morgan fingerprint density at radius 3 is 2.50 bits per heavy atom. The second kappa shape index (κ2) is 4.73. The molecule has 1 heterocycles. The van der Waals surface area contributed by atoms with Crippen molar-refractivity contribution in [3.8, 4) is 5.69 Å². The van der Waals surface area contributed by atoms with Crippen LogP contribution >= 0.6 is 12.2 Å². The van der Waals surface area contributed by atoms with E-state index >= 15 is 0 Å². The van der Waals surface area contributed by atoms with Gasteiger partial charge >= 0.3 is 0 Å². The van der Waals surface area contributed by atoms with Gasteiger partial charge in [0.2, 0.25) is 0 Å². The van der Waals surface area contributed by atoms with E-state index in [1.165, 1.54) is 36.9 Å². The van der Waals surface area contributed by atoms with E-state index in [1.807, 2.05) is 4.68 Å². The fourth-order valence-electron chi connectivity index (χ4n) is 2.75. The Hall–Kier alpha value is -1.35. The molecule has 0 aliphatic heterocycles. The number of aromatic amines is 1. The summed E-state index contributed by atoms with van der Waals surface area (Å²) in [5.74, 6) is 0.679. The molecule has 18 heavy (non-hydrogen) atoms. The smallest absolute Gasteiger partial charge is 0.127 e. The van der Waals surface area contributed by atoms with Gasteiger partial charge in [0, 0.05) is 11.6 Å². The minimum Gasteiger partial charge on any atom is -0.297 e. The normalized spacial score (nSPS) is 16.3. The van der Waals surface area contributed by atoms with Crippen LogP contribution in [0.25, 0.3) is 5.69 Å². The van der Waals surface area contributed by atoms with Crippen molar-refractivity contribution in [2.24, 2.45) is 0 Å². The molecule has 0 amide bonds. The molecule has 94 valence electrons. The lowest BCUT2D eigenvalue weighted by atomic mass is 10.1. The lowest BCUT2D eigenvalue weighted by Gasteiger charge is -2.07. The third-order valence-electron chi connectivity index (χ3n) is 3.83. The van der Waals surface area contributed by atoms with Crippen LogP contribution in [0.3, 0.4) is 0 Å². The maximum absolute atomic E-state index is 5.45. The summed E-state index contributed by atoms with van der Waals surface area (Å²) in [5, 5.41) is 3.47. The van der Waals surface area contributed by atoms with E-state index in [1.54, 1.807) is 0 Å². The van der Waals surface area contributed by atoms with Crippen LogP contribution in [-0.4, -0.2) is 9.78 Å². The molecule has 0 saturated heterocycles. The van der Waals surface area contributed by atoms with Crippen LogP contribution in [0.15, 0.2) is 30.3 Å². The molecule has 0 atom stereocenters. The average molecular weight is 258 g/mol. The van der Waals surface area contributed by atoms with Gasteiger partial charge in [-0.3, -0.25) is 5.10 Å². The average Bonchev–Trinajstić information content (AvgIpc) is 2.99. The fraction of sp³-hybridized carbons (Fsp3) is 0.400. The van der Waals surface area contributed by atoms with Gasteiger partial charge in [0.15, 0.2) is 0 Å². The summed E-state index contributed by atoms with van der Waals surface area (Å²) in [5.41, 5.74) is 3.70. The number of H-pyrrole nitrogens is 1. The predicted octanol–water partition coefficient (Wildman–Crippen LogP) is 4.50.